The van der Waals surface area contributed by atoms with E-state index in [1.54, 1.807) is 0 Å². The average molecular weight is 581 g/mol. The number of carbonyl (C=O) groups is 2. The summed E-state index contributed by atoms with van der Waals surface area (Å²) in [6.45, 7) is -0.873. The zero-order valence-corrected chi connectivity index (χ0v) is 20.0. The number of hydrogen-bond acceptors (Lipinski definition) is 8. The van der Waals surface area contributed by atoms with Crippen LogP contribution < -0.4 is 16.0 Å². The van der Waals surface area contributed by atoms with Crippen LogP contribution in [0.4, 0.5) is 26.3 Å². The number of amides is 1. The standard InChI is InChI=1S/C21H21F6N7O6/c22-20(23,24)8-1-2-10(21(25,26)27)9(5-8)15(36)40-12-7-33-17(29)30-11(6-34-13(35)3-4-39-34)14-18(33,19(12,37)38)32-16(28)31-14/h1-2,5,11-12,14,37-38H,3-4,6-7H2,(H2,29,30)(H3,28,31,32)/t11-,12-,14?,18+/m0/s1. The first-order valence-corrected chi connectivity index (χ1v) is 11.6. The smallest absolute Gasteiger partial charge is 0.417 e. The highest BCUT2D eigenvalue weighted by atomic mass is 19.4. The Balaban J connectivity index is 1.48. The molecule has 4 atom stereocenters. The molecule has 4 fully saturated rings. The van der Waals surface area contributed by atoms with E-state index in [0.717, 1.165) is 9.96 Å². The Bertz CT molecular complexity index is 1290. The van der Waals surface area contributed by atoms with Gasteiger partial charge < -0.3 is 35.8 Å². The molecule has 4 saturated heterocycles. The van der Waals surface area contributed by atoms with Gasteiger partial charge in [-0.05, 0) is 18.2 Å². The minimum atomic E-state index is -5.26. The van der Waals surface area contributed by atoms with Gasteiger partial charge in [-0.3, -0.25) is 20.5 Å². The Morgan fingerprint density at radius 1 is 1.15 bits per heavy atom. The number of guanidine groups is 2. The third kappa shape index (κ3) is 4.15. The van der Waals surface area contributed by atoms with Gasteiger partial charge in [0, 0.05) is 0 Å². The molecular weight excluding hydrogens is 560 g/mol. The van der Waals surface area contributed by atoms with Crippen molar-refractivity contribution in [2.45, 2.75) is 48.4 Å². The molecule has 0 radical (unpaired) electrons. The molecule has 1 aromatic carbocycles. The van der Waals surface area contributed by atoms with Gasteiger partial charge in [0.05, 0.1) is 54.9 Å². The Kier molecular flexibility index (Phi) is 6.12. The minimum Gasteiger partial charge on any atom is -0.451 e. The number of nitrogens with zero attached hydrogens (tertiary/aromatic N) is 2. The lowest BCUT2D eigenvalue weighted by Gasteiger charge is -2.51. The van der Waals surface area contributed by atoms with Crippen LogP contribution in [0.2, 0.25) is 0 Å². The van der Waals surface area contributed by atoms with E-state index in [1.807, 2.05) is 0 Å². The van der Waals surface area contributed by atoms with Crippen LogP contribution in [0.3, 0.4) is 0 Å². The summed E-state index contributed by atoms with van der Waals surface area (Å²) in [5.74, 6) is -6.53. The van der Waals surface area contributed by atoms with Crippen molar-refractivity contribution in [3.05, 3.63) is 34.9 Å². The van der Waals surface area contributed by atoms with Crippen LogP contribution in [0.15, 0.2) is 18.2 Å². The number of rotatable bonds is 4. The van der Waals surface area contributed by atoms with Crippen molar-refractivity contribution in [1.82, 2.24) is 25.9 Å². The van der Waals surface area contributed by atoms with Crippen LogP contribution in [0, 0.1) is 10.8 Å². The SMILES string of the molecule is N=C1NC2[C@H](CN3OCCC3=O)NC(=N)N3C[C@H](OC(=O)c4cc(C(F)(F)F)ccc4C(F)(F)F)C(O)(O)[C@@]23N1. The van der Waals surface area contributed by atoms with E-state index in [-0.39, 0.29) is 37.8 Å². The highest BCUT2D eigenvalue weighted by Gasteiger charge is 2.75. The number of esters is 1. The summed E-state index contributed by atoms with van der Waals surface area (Å²) in [5.41, 5.74) is -7.06. The predicted octanol–water partition coefficient (Wildman–Crippen LogP) is -0.491. The zero-order chi connectivity index (χ0) is 29.4. The maximum atomic E-state index is 13.5. The molecule has 0 saturated carbocycles. The summed E-state index contributed by atoms with van der Waals surface area (Å²) in [5, 5.41) is 47.8. The van der Waals surface area contributed by atoms with Crippen molar-refractivity contribution in [2.75, 3.05) is 19.7 Å². The summed E-state index contributed by atoms with van der Waals surface area (Å²) in [7, 11) is 0. The first-order chi connectivity index (χ1) is 18.5. The number of ether oxygens (including phenoxy) is 1. The van der Waals surface area contributed by atoms with Crippen molar-refractivity contribution in [3.63, 3.8) is 0 Å². The number of aliphatic hydroxyl groups is 2. The summed E-state index contributed by atoms with van der Waals surface area (Å²) < 4.78 is 85.2. The third-order valence-corrected chi connectivity index (χ3v) is 7.17. The summed E-state index contributed by atoms with van der Waals surface area (Å²) in [6, 6.07) is -2.09. The molecule has 1 unspecified atom stereocenters. The molecular formula is C21H21F6N7O6. The van der Waals surface area contributed by atoms with E-state index < -0.39 is 89.0 Å². The van der Waals surface area contributed by atoms with Gasteiger partial charge in [-0.1, -0.05) is 0 Å². The van der Waals surface area contributed by atoms with Crippen LogP contribution in [-0.2, 0) is 26.7 Å². The molecule has 4 aliphatic rings. The zero-order valence-electron chi connectivity index (χ0n) is 20.0. The van der Waals surface area contributed by atoms with Crippen molar-refractivity contribution in [3.8, 4) is 0 Å². The average Bonchev–Trinajstić information content (AvgIpc) is 3.47. The van der Waals surface area contributed by atoms with Gasteiger partial charge in [-0.15, -0.1) is 0 Å². The molecule has 0 bridgehead atoms. The first kappa shape index (κ1) is 27.7. The highest BCUT2D eigenvalue weighted by Crippen LogP contribution is 2.45. The van der Waals surface area contributed by atoms with E-state index in [0.29, 0.717) is 0 Å². The highest BCUT2D eigenvalue weighted by molar-refractivity contribution is 5.92. The molecule has 1 spiro atoms. The van der Waals surface area contributed by atoms with Crippen LogP contribution in [0.25, 0.3) is 0 Å². The number of hydroxylamine groups is 2. The Hall–Kier alpha value is -3.84. The monoisotopic (exact) mass is 581 g/mol. The number of alkyl halides is 6. The van der Waals surface area contributed by atoms with Gasteiger partial charge in [0.25, 0.3) is 0 Å². The lowest BCUT2D eigenvalue weighted by Crippen LogP contribution is -2.81. The van der Waals surface area contributed by atoms with Crippen LogP contribution in [0.1, 0.15) is 27.9 Å². The Morgan fingerprint density at radius 3 is 2.45 bits per heavy atom. The number of nitrogens with one attached hydrogen (secondary N) is 5. The Morgan fingerprint density at radius 2 is 1.85 bits per heavy atom. The normalized spacial score (nSPS) is 29.5. The minimum absolute atomic E-state index is 0.0529. The number of benzene rings is 1. The van der Waals surface area contributed by atoms with Gasteiger partial charge in [-0.2, -0.15) is 26.3 Å². The van der Waals surface area contributed by atoms with Crippen LogP contribution in [-0.4, -0.2) is 93.3 Å². The number of halogens is 6. The van der Waals surface area contributed by atoms with E-state index in [4.69, 9.17) is 20.4 Å². The molecule has 4 aliphatic heterocycles. The molecule has 13 nitrogen and oxygen atoms in total. The number of hydrogen-bond donors (Lipinski definition) is 7. The van der Waals surface area contributed by atoms with Gasteiger partial charge in [-0.25, -0.2) is 9.86 Å². The predicted molar refractivity (Wildman–Crippen MR) is 117 cm³/mol. The van der Waals surface area contributed by atoms with Gasteiger partial charge in [0.15, 0.2) is 23.7 Å². The topological polar surface area (TPSA) is 183 Å². The maximum Gasteiger partial charge on any atom is 0.417 e. The number of carbonyl (C=O) groups excluding carboxylic acids is 2. The molecule has 218 valence electrons. The lowest BCUT2D eigenvalue weighted by molar-refractivity contribution is -0.258. The fourth-order valence-electron chi connectivity index (χ4n) is 5.37. The van der Waals surface area contributed by atoms with E-state index >= 15 is 0 Å². The lowest BCUT2D eigenvalue weighted by atomic mass is 9.85. The van der Waals surface area contributed by atoms with Gasteiger partial charge in [0.2, 0.25) is 11.7 Å². The molecule has 19 heteroatoms. The van der Waals surface area contributed by atoms with Crippen molar-refractivity contribution >= 4 is 23.8 Å². The van der Waals surface area contributed by atoms with E-state index in [1.165, 1.54) is 0 Å². The molecule has 0 aliphatic carbocycles. The maximum absolute atomic E-state index is 13.5. The molecule has 40 heavy (non-hydrogen) atoms. The van der Waals surface area contributed by atoms with Crippen LogP contribution in [0.5, 0.6) is 0 Å². The summed E-state index contributed by atoms with van der Waals surface area (Å²) in [4.78, 5) is 31.1. The molecule has 7 N–H and O–H groups in total. The fourth-order valence-corrected chi connectivity index (χ4v) is 5.37. The first-order valence-electron chi connectivity index (χ1n) is 11.6. The van der Waals surface area contributed by atoms with Gasteiger partial charge >= 0.3 is 18.3 Å². The fraction of sp³-hybridized carbons (Fsp3) is 0.524. The van der Waals surface area contributed by atoms with Crippen molar-refractivity contribution < 1.29 is 55.7 Å². The second-order valence-electron chi connectivity index (χ2n) is 9.51. The summed E-state index contributed by atoms with van der Waals surface area (Å²) in [6.07, 6.45) is -12.4. The second kappa shape index (κ2) is 8.83. The molecule has 1 aromatic rings. The third-order valence-electron chi connectivity index (χ3n) is 7.17. The van der Waals surface area contributed by atoms with E-state index in [2.05, 4.69) is 16.0 Å². The van der Waals surface area contributed by atoms with E-state index in [9.17, 15) is 46.1 Å². The molecule has 5 rings (SSSR count). The van der Waals surface area contributed by atoms with Crippen LogP contribution >= 0.6 is 0 Å². The summed E-state index contributed by atoms with van der Waals surface area (Å²) >= 11 is 0. The molecule has 0 aromatic heterocycles. The van der Waals surface area contributed by atoms with Crippen molar-refractivity contribution in [1.29, 1.82) is 10.8 Å². The Labute approximate surface area is 220 Å². The van der Waals surface area contributed by atoms with Gasteiger partial charge in [0.1, 0.15) is 0 Å². The van der Waals surface area contributed by atoms with Crippen molar-refractivity contribution in [2.24, 2.45) is 0 Å². The molecule has 4 heterocycles. The quantitative estimate of drug-likeness (QED) is 0.139. The largest absolute Gasteiger partial charge is 0.451 e. The second-order valence-corrected chi connectivity index (χ2v) is 9.51. The molecule has 1 amide bonds.